The summed E-state index contributed by atoms with van der Waals surface area (Å²) >= 11 is 3.32. The zero-order chi connectivity index (χ0) is 26.4. The number of ether oxygens (including phenoxy) is 2. The van der Waals surface area contributed by atoms with Gasteiger partial charge in [0.05, 0.1) is 11.1 Å². The van der Waals surface area contributed by atoms with Gasteiger partial charge >= 0.3 is 5.97 Å². The maximum Gasteiger partial charge on any atom is 0.338 e. The van der Waals surface area contributed by atoms with Crippen LogP contribution in [0.15, 0.2) is 71.7 Å². The zero-order valence-corrected chi connectivity index (χ0v) is 22.0. The van der Waals surface area contributed by atoms with Crippen LogP contribution in [-0.2, 0) is 20.9 Å². The summed E-state index contributed by atoms with van der Waals surface area (Å²) in [6.07, 6.45) is 2.15. The molecule has 0 amide bonds. The molecule has 0 radical (unpaired) electrons. The number of carbonyl (C=O) groups excluding carboxylic acids is 4. The van der Waals surface area contributed by atoms with E-state index in [4.69, 9.17) is 9.47 Å². The van der Waals surface area contributed by atoms with Gasteiger partial charge in [0.15, 0.2) is 17.3 Å². The SMILES string of the molecule is C=CC[C@@H]1C(=O)C(C(=O)c2c(COC(=O)c3ccc(Br)cc3)cccc2OCC(=C)C)C(=O)C[C@H]1C. The molecule has 0 bridgehead atoms. The summed E-state index contributed by atoms with van der Waals surface area (Å²) in [4.78, 5) is 52.6. The van der Waals surface area contributed by atoms with Crippen molar-refractivity contribution in [3.63, 3.8) is 0 Å². The first kappa shape index (κ1) is 27.3. The fraction of sp³-hybridized carbons (Fsp3) is 0.310. The minimum atomic E-state index is -1.43. The molecule has 2 aromatic rings. The Labute approximate surface area is 219 Å². The zero-order valence-electron chi connectivity index (χ0n) is 20.4. The lowest BCUT2D eigenvalue weighted by atomic mass is 9.69. The molecule has 3 atom stereocenters. The second-order valence-electron chi connectivity index (χ2n) is 9.10. The summed E-state index contributed by atoms with van der Waals surface area (Å²) in [6, 6.07) is 11.6. The molecule has 0 heterocycles. The molecule has 0 aromatic heterocycles. The van der Waals surface area contributed by atoms with E-state index in [9.17, 15) is 19.2 Å². The Morgan fingerprint density at radius 2 is 1.83 bits per heavy atom. The normalized spacial score (nSPS) is 19.5. The Hall–Kier alpha value is -3.32. The lowest BCUT2D eigenvalue weighted by Gasteiger charge is -2.31. The first-order valence-electron chi connectivity index (χ1n) is 11.7. The second-order valence-corrected chi connectivity index (χ2v) is 10.0. The van der Waals surface area contributed by atoms with Gasteiger partial charge in [-0.3, -0.25) is 14.4 Å². The lowest BCUT2D eigenvalue weighted by Crippen LogP contribution is -2.44. The van der Waals surface area contributed by atoms with Crippen molar-refractivity contribution in [1.29, 1.82) is 0 Å². The smallest absolute Gasteiger partial charge is 0.338 e. The number of carbonyl (C=O) groups is 4. The summed E-state index contributed by atoms with van der Waals surface area (Å²) in [7, 11) is 0. The van der Waals surface area contributed by atoms with E-state index in [2.05, 4.69) is 29.1 Å². The number of benzene rings is 2. The number of hydrogen-bond acceptors (Lipinski definition) is 6. The molecule has 1 saturated carbocycles. The Balaban J connectivity index is 1.96. The van der Waals surface area contributed by atoms with Gasteiger partial charge in [-0.05, 0) is 55.2 Å². The molecule has 3 rings (SSSR count). The molecule has 1 aliphatic rings. The molecule has 36 heavy (non-hydrogen) atoms. The van der Waals surface area contributed by atoms with Crippen LogP contribution in [0.4, 0.5) is 0 Å². The summed E-state index contributed by atoms with van der Waals surface area (Å²) in [5.74, 6) is -3.88. The highest BCUT2D eigenvalue weighted by Gasteiger charge is 2.45. The van der Waals surface area contributed by atoms with Gasteiger partial charge < -0.3 is 9.47 Å². The first-order chi connectivity index (χ1) is 17.1. The van der Waals surface area contributed by atoms with Gasteiger partial charge in [-0.2, -0.15) is 0 Å². The third-order valence-corrected chi connectivity index (χ3v) is 6.67. The van der Waals surface area contributed by atoms with E-state index in [1.54, 1.807) is 55.5 Å². The van der Waals surface area contributed by atoms with Gasteiger partial charge in [0, 0.05) is 22.4 Å². The summed E-state index contributed by atoms with van der Waals surface area (Å²) < 4.78 is 12.1. The van der Waals surface area contributed by atoms with Crippen molar-refractivity contribution in [1.82, 2.24) is 0 Å². The highest BCUT2D eigenvalue weighted by molar-refractivity contribution is 9.10. The fourth-order valence-electron chi connectivity index (χ4n) is 4.29. The van der Waals surface area contributed by atoms with E-state index < -0.39 is 35.2 Å². The van der Waals surface area contributed by atoms with E-state index in [-0.39, 0.29) is 36.9 Å². The highest BCUT2D eigenvalue weighted by atomic mass is 79.9. The van der Waals surface area contributed by atoms with Crippen molar-refractivity contribution >= 4 is 39.2 Å². The van der Waals surface area contributed by atoms with Gasteiger partial charge in [0.2, 0.25) is 0 Å². The molecular formula is C29H29BrO6. The maximum absolute atomic E-state index is 13.8. The van der Waals surface area contributed by atoms with Crippen molar-refractivity contribution in [3.05, 3.63) is 88.4 Å². The van der Waals surface area contributed by atoms with Crippen LogP contribution >= 0.6 is 15.9 Å². The minimum Gasteiger partial charge on any atom is -0.489 e. The number of halogens is 1. The maximum atomic E-state index is 13.8. The number of Topliss-reactive ketones (excluding diaryl/α,β-unsaturated/α-hetero) is 3. The summed E-state index contributed by atoms with van der Waals surface area (Å²) in [6.45, 7) is 11.1. The third-order valence-electron chi connectivity index (χ3n) is 6.14. The molecule has 7 heteroatoms. The molecule has 2 aromatic carbocycles. The predicted octanol–water partition coefficient (Wildman–Crippen LogP) is 5.93. The molecule has 6 nitrogen and oxygen atoms in total. The number of rotatable bonds is 10. The summed E-state index contributed by atoms with van der Waals surface area (Å²) in [5, 5.41) is 0. The molecule has 1 fully saturated rings. The molecular weight excluding hydrogens is 524 g/mol. The average Bonchev–Trinajstić information content (AvgIpc) is 2.83. The quantitative estimate of drug-likeness (QED) is 0.157. The van der Waals surface area contributed by atoms with Gasteiger partial charge in [-0.1, -0.05) is 47.6 Å². The van der Waals surface area contributed by atoms with Crippen molar-refractivity contribution in [3.8, 4) is 5.75 Å². The number of esters is 1. The van der Waals surface area contributed by atoms with Crippen LogP contribution < -0.4 is 4.74 Å². The van der Waals surface area contributed by atoms with Crippen LogP contribution in [0, 0.1) is 17.8 Å². The number of ketones is 3. The standard InChI is InChI=1S/C29H29BrO6/c1-5-7-22-18(4)14-23(31)26(27(22)32)28(33)25-20(8-6-9-24(25)35-15-17(2)3)16-36-29(34)19-10-12-21(30)13-11-19/h5-6,8-13,18,22,26H,1-2,7,14-16H2,3-4H3/t18-,22+,26?/m1/s1. The van der Waals surface area contributed by atoms with E-state index >= 15 is 0 Å². The van der Waals surface area contributed by atoms with E-state index in [1.165, 1.54) is 0 Å². The topological polar surface area (TPSA) is 86.7 Å². The van der Waals surface area contributed by atoms with Crippen molar-refractivity contribution < 1.29 is 28.7 Å². The van der Waals surface area contributed by atoms with E-state index in [0.717, 1.165) is 10.0 Å². The van der Waals surface area contributed by atoms with Gasteiger partial charge in [0.25, 0.3) is 0 Å². The average molecular weight is 553 g/mol. The second kappa shape index (κ2) is 12.1. The lowest BCUT2D eigenvalue weighted by molar-refractivity contribution is -0.138. The fourth-order valence-corrected chi connectivity index (χ4v) is 4.55. The van der Waals surface area contributed by atoms with Gasteiger partial charge in [0.1, 0.15) is 24.9 Å². The van der Waals surface area contributed by atoms with Crippen LogP contribution in [0.3, 0.4) is 0 Å². The summed E-state index contributed by atoms with van der Waals surface area (Å²) in [5.41, 5.74) is 1.50. The van der Waals surface area contributed by atoms with Crippen molar-refractivity contribution in [2.24, 2.45) is 17.8 Å². The molecule has 0 saturated heterocycles. The largest absolute Gasteiger partial charge is 0.489 e. The molecule has 1 aliphatic carbocycles. The minimum absolute atomic E-state index is 0.0703. The van der Waals surface area contributed by atoms with Crippen molar-refractivity contribution in [2.45, 2.75) is 33.3 Å². The number of hydrogen-bond donors (Lipinski definition) is 0. The molecule has 0 N–H and O–H groups in total. The Kier molecular flexibility index (Phi) is 9.15. The van der Waals surface area contributed by atoms with Crippen LogP contribution in [0.5, 0.6) is 5.75 Å². The Morgan fingerprint density at radius 1 is 1.14 bits per heavy atom. The van der Waals surface area contributed by atoms with Gasteiger partial charge in [-0.25, -0.2) is 4.79 Å². The first-order valence-corrected chi connectivity index (χ1v) is 12.5. The molecule has 188 valence electrons. The van der Waals surface area contributed by atoms with Gasteiger partial charge in [-0.15, -0.1) is 6.58 Å². The van der Waals surface area contributed by atoms with E-state index in [0.29, 0.717) is 17.5 Å². The van der Waals surface area contributed by atoms with Crippen LogP contribution in [0.1, 0.15) is 53.0 Å². The Bertz CT molecular complexity index is 1200. The molecule has 1 unspecified atom stereocenters. The van der Waals surface area contributed by atoms with Crippen molar-refractivity contribution in [2.75, 3.05) is 6.61 Å². The molecule has 0 spiro atoms. The predicted molar refractivity (Wildman–Crippen MR) is 140 cm³/mol. The van der Waals surface area contributed by atoms with Crippen LogP contribution in [0.25, 0.3) is 0 Å². The van der Waals surface area contributed by atoms with Crippen LogP contribution in [-0.4, -0.2) is 29.9 Å². The number of allylic oxidation sites excluding steroid dienone is 1. The van der Waals surface area contributed by atoms with Crippen LogP contribution in [0.2, 0.25) is 0 Å². The Morgan fingerprint density at radius 3 is 2.47 bits per heavy atom. The third kappa shape index (κ3) is 6.26. The highest BCUT2D eigenvalue weighted by Crippen LogP contribution is 2.35. The van der Waals surface area contributed by atoms with E-state index in [1.807, 2.05) is 6.92 Å². The molecule has 0 aliphatic heterocycles. The monoisotopic (exact) mass is 552 g/mol.